The Bertz CT molecular complexity index is 2120. The Morgan fingerprint density at radius 1 is 0.865 bits per heavy atom. The number of aryl methyl sites for hydroxylation is 1. The van der Waals surface area contributed by atoms with E-state index in [2.05, 4.69) is 25.4 Å². The molecule has 1 aromatic heterocycles. The van der Waals surface area contributed by atoms with Crippen LogP contribution in [0.15, 0.2) is 95.5 Å². The number of rotatable bonds is 10. The van der Waals surface area contributed by atoms with Gasteiger partial charge in [0.25, 0.3) is 11.8 Å². The molecule has 0 radical (unpaired) electrons. The molecule has 1 aliphatic heterocycles. The minimum atomic E-state index is -3.40. The van der Waals surface area contributed by atoms with Crippen molar-refractivity contribution in [2.24, 2.45) is 0 Å². The number of carbonyl (C=O) groups excluding carboxylic acids is 2. The molecule has 0 unspecified atom stereocenters. The molecule has 6 rings (SSSR count). The number of ether oxygens (including phenoxy) is 2. The molecule has 15 heteroatoms. The van der Waals surface area contributed by atoms with E-state index in [0.717, 1.165) is 50.4 Å². The van der Waals surface area contributed by atoms with E-state index in [0.29, 0.717) is 44.1 Å². The molecule has 1 aliphatic rings. The van der Waals surface area contributed by atoms with E-state index in [1.807, 2.05) is 31.2 Å². The van der Waals surface area contributed by atoms with Crippen LogP contribution < -0.4 is 20.1 Å². The number of morpholine rings is 1. The van der Waals surface area contributed by atoms with E-state index in [1.165, 1.54) is 11.6 Å². The van der Waals surface area contributed by atoms with Gasteiger partial charge in [-0.25, -0.2) is 8.42 Å². The molecule has 2 amide bonds. The van der Waals surface area contributed by atoms with Gasteiger partial charge in [-0.2, -0.15) is 0 Å². The number of hydrogen-bond donors (Lipinski definition) is 3. The zero-order chi connectivity index (χ0) is 37.3. The van der Waals surface area contributed by atoms with Crippen LogP contribution in [0.5, 0.6) is 5.75 Å². The van der Waals surface area contributed by atoms with Crippen LogP contribution in [-0.2, 0) is 21.3 Å². The fourth-order valence-corrected chi connectivity index (χ4v) is 6.23. The summed E-state index contributed by atoms with van der Waals surface area (Å²) in [5.41, 5.74) is 4.83. The molecule has 3 N–H and O–H groups in total. The minimum absolute atomic E-state index is 0.0871. The molecule has 2 heterocycles. The third-order valence-corrected chi connectivity index (χ3v) is 8.79. The first kappa shape index (κ1) is 38.3. The van der Waals surface area contributed by atoms with Crippen LogP contribution in [0.3, 0.4) is 0 Å². The second-order valence-electron chi connectivity index (χ2n) is 11.9. The lowest BCUT2D eigenvalue weighted by Crippen LogP contribution is -2.35. The van der Waals surface area contributed by atoms with Gasteiger partial charge in [0.15, 0.2) is 11.5 Å². The van der Waals surface area contributed by atoms with Crippen LogP contribution in [0.4, 0.5) is 17.1 Å². The summed E-state index contributed by atoms with van der Waals surface area (Å²) in [6.45, 7) is 6.23. The maximum Gasteiger partial charge on any atom is 0.277 e. The lowest BCUT2D eigenvalue weighted by molar-refractivity contribution is 0.0342. The quantitative estimate of drug-likeness (QED) is 0.132. The van der Waals surface area contributed by atoms with Crippen molar-refractivity contribution in [2.45, 2.75) is 13.5 Å². The molecule has 0 saturated carbocycles. The van der Waals surface area contributed by atoms with E-state index < -0.39 is 15.9 Å². The maximum atomic E-state index is 12.4. The van der Waals surface area contributed by atoms with E-state index in [9.17, 15) is 18.0 Å². The Morgan fingerprint density at radius 3 is 2.29 bits per heavy atom. The van der Waals surface area contributed by atoms with Crippen molar-refractivity contribution in [3.05, 3.63) is 123 Å². The Hall–Kier alpha value is -4.92. The summed E-state index contributed by atoms with van der Waals surface area (Å²) >= 11 is 12.1. The minimum Gasteiger partial charge on any atom is -0.497 e. The summed E-state index contributed by atoms with van der Waals surface area (Å²) in [6.07, 6.45) is 1.06. The van der Waals surface area contributed by atoms with Crippen LogP contribution in [-0.4, -0.2) is 70.0 Å². The van der Waals surface area contributed by atoms with Gasteiger partial charge in [-0.05, 0) is 78.7 Å². The van der Waals surface area contributed by atoms with Crippen LogP contribution >= 0.6 is 23.2 Å². The van der Waals surface area contributed by atoms with Gasteiger partial charge < -0.3 is 24.6 Å². The molecule has 52 heavy (non-hydrogen) atoms. The molecule has 1 saturated heterocycles. The van der Waals surface area contributed by atoms with E-state index in [-0.39, 0.29) is 11.6 Å². The van der Waals surface area contributed by atoms with Gasteiger partial charge in [0.05, 0.1) is 37.2 Å². The molecule has 0 spiro atoms. The number of hydrogen-bond acceptors (Lipinski definition) is 9. The largest absolute Gasteiger partial charge is 0.497 e. The fraction of sp³-hybridized carbons (Fsp3) is 0.216. The van der Waals surface area contributed by atoms with Gasteiger partial charge in [0.2, 0.25) is 10.0 Å². The van der Waals surface area contributed by atoms with E-state index in [4.69, 9.17) is 37.2 Å². The standard InChI is InChI=1S/C19H21ClN2O3.C18H16ClN3O4S/c1-24-16-6-7-18(20)17(12-16)19(23)21-15-4-2-14(3-5-15)13-22-8-10-25-11-9-22;1-11-6-13(19)9-15(7-11)20-18(23)16-10-17(26-21-16)12-4-3-5-14(8-12)22-27(2,24)25/h2-7,12H,8-11,13H2,1H3,(H,21,23);3-10,22H,1-2H3,(H,20,23). The van der Waals surface area contributed by atoms with Crippen LogP contribution in [0.1, 0.15) is 32.0 Å². The van der Waals surface area contributed by atoms with Gasteiger partial charge >= 0.3 is 0 Å². The number of nitrogens with one attached hydrogen (secondary N) is 3. The average molecular weight is 767 g/mol. The van der Waals surface area contributed by atoms with Crippen LogP contribution in [0.2, 0.25) is 10.0 Å². The Kier molecular flexibility index (Phi) is 12.9. The van der Waals surface area contributed by atoms with Gasteiger partial charge in [0, 0.05) is 53.3 Å². The normalized spacial score (nSPS) is 13.0. The van der Waals surface area contributed by atoms with Crippen molar-refractivity contribution in [3.8, 4) is 17.1 Å². The fourth-order valence-electron chi connectivity index (χ4n) is 5.19. The number of benzene rings is 4. The third kappa shape index (κ3) is 11.3. The molecule has 0 atom stereocenters. The molecular formula is C37H37Cl2N5O7S. The summed E-state index contributed by atoms with van der Waals surface area (Å²) in [6, 6.07) is 26.1. The summed E-state index contributed by atoms with van der Waals surface area (Å²) in [5, 5.41) is 10.3. The van der Waals surface area contributed by atoms with Crippen molar-refractivity contribution in [1.82, 2.24) is 10.1 Å². The van der Waals surface area contributed by atoms with Crippen molar-refractivity contribution in [1.29, 1.82) is 0 Å². The number of nitrogens with zero attached hydrogens (tertiary/aromatic N) is 2. The Labute approximate surface area is 312 Å². The number of anilines is 3. The second-order valence-corrected chi connectivity index (χ2v) is 14.5. The molecule has 0 aliphatic carbocycles. The van der Waals surface area contributed by atoms with Gasteiger partial charge in [-0.3, -0.25) is 19.2 Å². The molecule has 0 bridgehead atoms. The molecule has 12 nitrogen and oxygen atoms in total. The summed E-state index contributed by atoms with van der Waals surface area (Å²) < 4.78 is 40.8. The number of sulfonamides is 1. The predicted molar refractivity (Wildman–Crippen MR) is 203 cm³/mol. The number of amides is 2. The monoisotopic (exact) mass is 765 g/mol. The molecular weight excluding hydrogens is 729 g/mol. The van der Waals surface area contributed by atoms with Crippen molar-refractivity contribution < 1.29 is 32.0 Å². The van der Waals surface area contributed by atoms with Crippen molar-refractivity contribution in [3.63, 3.8) is 0 Å². The zero-order valence-corrected chi connectivity index (χ0v) is 30.9. The maximum absolute atomic E-state index is 12.4. The average Bonchev–Trinajstić information content (AvgIpc) is 3.60. The summed E-state index contributed by atoms with van der Waals surface area (Å²) in [5.74, 6) is 0.219. The first-order chi connectivity index (χ1) is 24.8. The number of carbonyl (C=O) groups is 2. The summed E-state index contributed by atoms with van der Waals surface area (Å²) in [7, 11) is -1.84. The van der Waals surface area contributed by atoms with Gasteiger partial charge in [-0.15, -0.1) is 0 Å². The highest BCUT2D eigenvalue weighted by atomic mass is 35.5. The number of halogens is 2. The smallest absolute Gasteiger partial charge is 0.277 e. The lowest BCUT2D eigenvalue weighted by atomic mass is 10.1. The molecule has 4 aromatic carbocycles. The molecule has 1 fully saturated rings. The zero-order valence-electron chi connectivity index (χ0n) is 28.6. The van der Waals surface area contributed by atoms with Gasteiger partial charge in [0.1, 0.15) is 5.75 Å². The topological polar surface area (TPSA) is 152 Å². The van der Waals surface area contributed by atoms with Crippen LogP contribution in [0, 0.1) is 6.92 Å². The predicted octanol–water partition coefficient (Wildman–Crippen LogP) is 7.36. The Balaban J connectivity index is 0.000000202. The molecule has 272 valence electrons. The highest BCUT2D eigenvalue weighted by Crippen LogP contribution is 2.26. The van der Waals surface area contributed by atoms with E-state index in [1.54, 1.807) is 67.8 Å². The third-order valence-electron chi connectivity index (χ3n) is 7.63. The number of aromatic nitrogens is 1. The summed E-state index contributed by atoms with van der Waals surface area (Å²) in [4.78, 5) is 27.2. The van der Waals surface area contributed by atoms with Crippen molar-refractivity contribution in [2.75, 3.05) is 55.0 Å². The molecule has 5 aromatic rings. The van der Waals surface area contributed by atoms with Crippen molar-refractivity contribution >= 4 is 62.1 Å². The highest BCUT2D eigenvalue weighted by molar-refractivity contribution is 7.92. The first-order valence-corrected chi connectivity index (χ1v) is 18.7. The second kappa shape index (κ2) is 17.5. The van der Waals surface area contributed by atoms with E-state index >= 15 is 0 Å². The lowest BCUT2D eigenvalue weighted by Gasteiger charge is -2.26. The van der Waals surface area contributed by atoms with Gasteiger partial charge in [-0.1, -0.05) is 52.6 Å². The van der Waals surface area contributed by atoms with Crippen LogP contribution in [0.25, 0.3) is 11.3 Å². The first-order valence-electron chi connectivity index (χ1n) is 16.0. The SMILES string of the molecule is COc1ccc(Cl)c(C(=O)Nc2ccc(CN3CCOCC3)cc2)c1.Cc1cc(Cl)cc(NC(=O)c2cc(-c3cccc(NS(C)(=O)=O)c3)on2)c1. The highest BCUT2D eigenvalue weighted by Gasteiger charge is 2.16. The Morgan fingerprint density at radius 2 is 1.60 bits per heavy atom. The number of methoxy groups -OCH3 is 1.